The van der Waals surface area contributed by atoms with Gasteiger partial charge in [-0.15, -0.1) is 0 Å². The number of rotatable bonds is 1. The minimum Gasteiger partial charge on any atom is -0.508 e. The normalized spacial score (nSPS) is 26.2. The van der Waals surface area contributed by atoms with Crippen LogP contribution in [-0.2, 0) is 14.4 Å². The van der Waals surface area contributed by atoms with Crippen molar-refractivity contribution in [2.45, 2.75) is 19.3 Å². The van der Waals surface area contributed by atoms with E-state index in [0.29, 0.717) is 12.1 Å². The molecule has 0 bridgehead atoms. The molecule has 3 rings (SSSR count). The number of imide groups is 1. The van der Waals surface area contributed by atoms with Crippen molar-refractivity contribution in [3.05, 3.63) is 24.3 Å². The molecule has 0 aliphatic carbocycles. The van der Waals surface area contributed by atoms with Crippen molar-refractivity contribution in [2.75, 3.05) is 11.4 Å². The molecule has 1 aromatic carbocycles. The number of phenols is 1. The van der Waals surface area contributed by atoms with Gasteiger partial charge in [0.1, 0.15) is 5.75 Å². The number of anilines is 1. The Balaban J connectivity index is 1.87. The van der Waals surface area contributed by atoms with Crippen molar-refractivity contribution in [1.29, 1.82) is 0 Å². The van der Waals surface area contributed by atoms with Crippen LogP contribution in [-0.4, -0.2) is 29.4 Å². The van der Waals surface area contributed by atoms with E-state index in [1.807, 2.05) is 0 Å². The zero-order valence-corrected chi connectivity index (χ0v) is 10.8. The molecule has 2 aliphatic heterocycles. The second-order valence-electron chi connectivity index (χ2n) is 5.33. The molecule has 2 aliphatic rings. The lowest BCUT2D eigenvalue weighted by atomic mass is 9.79. The summed E-state index contributed by atoms with van der Waals surface area (Å²) in [5.41, 5.74) is -0.155. The van der Waals surface area contributed by atoms with Gasteiger partial charge in [-0.2, -0.15) is 0 Å². The predicted octanol–water partition coefficient (Wildman–Crippen LogP) is 0.552. The number of hydrogen-bond acceptors (Lipinski definition) is 4. The van der Waals surface area contributed by atoms with Crippen molar-refractivity contribution in [1.82, 2.24) is 5.32 Å². The van der Waals surface area contributed by atoms with Gasteiger partial charge in [0.25, 0.3) is 0 Å². The first-order chi connectivity index (χ1) is 9.50. The summed E-state index contributed by atoms with van der Waals surface area (Å²) in [6.45, 7) is 0.274. The van der Waals surface area contributed by atoms with Crippen LogP contribution in [0.5, 0.6) is 5.75 Å². The van der Waals surface area contributed by atoms with E-state index in [-0.39, 0.29) is 42.9 Å². The first kappa shape index (κ1) is 12.7. The Labute approximate surface area is 115 Å². The molecular weight excluding hydrogens is 260 g/mol. The third kappa shape index (κ3) is 1.93. The smallest absolute Gasteiger partial charge is 0.235 e. The highest BCUT2D eigenvalue weighted by Crippen LogP contribution is 2.40. The monoisotopic (exact) mass is 274 g/mol. The van der Waals surface area contributed by atoms with E-state index in [2.05, 4.69) is 5.32 Å². The van der Waals surface area contributed by atoms with Crippen LogP contribution in [0.4, 0.5) is 5.69 Å². The van der Waals surface area contributed by atoms with Crippen LogP contribution in [0, 0.1) is 5.41 Å². The van der Waals surface area contributed by atoms with Gasteiger partial charge in [0.15, 0.2) is 0 Å². The molecule has 1 unspecified atom stereocenters. The highest BCUT2D eigenvalue weighted by molar-refractivity contribution is 6.07. The SMILES string of the molecule is O=C1CCC2(CC(=O)N(c3ccc(O)cc3)C2)C(=O)N1. The summed E-state index contributed by atoms with van der Waals surface area (Å²) < 4.78 is 0. The summed E-state index contributed by atoms with van der Waals surface area (Å²) in [6.07, 6.45) is 0.785. The predicted molar refractivity (Wildman–Crippen MR) is 69.9 cm³/mol. The molecule has 1 aromatic rings. The van der Waals surface area contributed by atoms with E-state index in [9.17, 15) is 19.5 Å². The number of nitrogens with one attached hydrogen (secondary N) is 1. The average molecular weight is 274 g/mol. The van der Waals surface area contributed by atoms with E-state index < -0.39 is 5.41 Å². The van der Waals surface area contributed by atoms with Crippen molar-refractivity contribution >= 4 is 23.4 Å². The fraction of sp³-hybridized carbons (Fsp3) is 0.357. The van der Waals surface area contributed by atoms with Gasteiger partial charge in [-0.1, -0.05) is 0 Å². The topological polar surface area (TPSA) is 86.7 Å². The van der Waals surface area contributed by atoms with E-state index in [4.69, 9.17) is 0 Å². The van der Waals surface area contributed by atoms with Gasteiger partial charge in [0.05, 0.1) is 5.41 Å². The zero-order valence-electron chi connectivity index (χ0n) is 10.8. The summed E-state index contributed by atoms with van der Waals surface area (Å²) in [4.78, 5) is 37.0. The minimum atomic E-state index is -0.803. The number of phenolic OH excluding ortho intramolecular Hbond substituents is 1. The Morgan fingerprint density at radius 1 is 1.15 bits per heavy atom. The molecule has 20 heavy (non-hydrogen) atoms. The molecule has 2 N–H and O–H groups in total. The number of amides is 3. The van der Waals surface area contributed by atoms with Gasteiger partial charge in [0, 0.05) is 25.1 Å². The maximum absolute atomic E-state index is 12.2. The minimum absolute atomic E-state index is 0.118. The highest BCUT2D eigenvalue weighted by Gasteiger charge is 2.51. The summed E-state index contributed by atoms with van der Waals surface area (Å²) in [5.74, 6) is -0.657. The molecule has 2 saturated heterocycles. The Morgan fingerprint density at radius 3 is 2.50 bits per heavy atom. The number of aromatic hydroxyl groups is 1. The third-order valence-corrected chi connectivity index (χ3v) is 3.98. The molecule has 3 amide bonds. The molecule has 104 valence electrons. The number of hydrogen-bond donors (Lipinski definition) is 2. The number of carbonyl (C=O) groups is 3. The molecule has 6 heteroatoms. The van der Waals surface area contributed by atoms with Crippen molar-refractivity contribution in [3.8, 4) is 5.75 Å². The molecular formula is C14H14N2O4. The Kier molecular flexibility index (Phi) is 2.74. The zero-order chi connectivity index (χ0) is 14.3. The van der Waals surface area contributed by atoms with Crippen LogP contribution in [0.1, 0.15) is 19.3 Å². The number of benzene rings is 1. The summed E-state index contributed by atoms with van der Waals surface area (Å²) in [7, 11) is 0. The highest BCUT2D eigenvalue weighted by atomic mass is 16.3. The van der Waals surface area contributed by atoms with Gasteiger partial charge in [-0.3, -0.25) is 19.7 Å². The second kappa shape index (κ2) is 4.33. The van der Waals surface area contributed by atoms with E-state index in [0.717, 1.165) is 0 Å². The molecule has 0 radical (unpaired) electrons. The Morgan fingerprint density at radius 2 is 1.85 bits per heavy atom. The quantitative estimate of drug-likeness (QED) is 0.732. The van der Waals surface area contributed by atoms with E-state index in [1.165, 1.54) is 17.0 Å². The summed E-state index contributed by atoms with van der Waals surface area (Å²) >= 11 is 0. The van der Waals surface area contributed by atoms with Gasteiger partial charge in [-0.05, 0) is 30.7 Å². The van der Waals surface area contributed by atoms with Crippen LogP contribution in [0.2, 0.25) is 0 Å². The fourth-order valence-electron chi connectivity index (χ4n) is 2.81. The molecule has 1 atom stereocenters. The number of nitrogens with zero attached hydrogens (tertiary/aromatic N) is 1. The van der Waals surface area contributed by atoms with Gasteiger partial charge in [0.2, 0.25) is 17.7 Å². The van der Waals surface area contributed by atoms with E-state index >= 15 is 0 Å². The first-order valence-corrected chi connectivity index (χ1v) is 6.44. The van der Waals surface area contributed by atoms with Crippen LogP contribution in [0.25, 0.3) is 0 Å². The van der Waals surface area contributed by atoms with Crippen LogP contribution in [0.15, 0.2) is 24.3 Å². The molecule has 6 nitrogen and oxygen atoms in total. The lowest BCUT2D eigenvalue weighted by Gasteiger charge is -2.30. The Bertz CT molecular complexity index is 596. The van der Waals surface area contributed by atoms with Gasteiger partial charge in [-0.25, -0.2) is 0 Å². The summed E-state index contributed by atoms with van der Waals surface area (Å²) in [5, 5.41) is 11.6. The first-order valence-electron chi connectivity index (χ1n) is 6.44. The van der Waals surface area contributed by atoms with Crippen LogP contribution >= 0.6 is 0 Å². The lowest BCUT2D eigenvalue weighted by molar-refractivity contribution is -0.142. The maximum atomic E-state index is 12.2. The summed E-state index contributed by atoms with van der Waals surface area (Å²) in [6, 6.07) is 6.27. The van der Waals surface area contributed by atoms with Crippen molar-refractivity contribution < 1.29 is 19.5 Å². The molecule has 0 aromatic heterocycles. The van der Waals surface area contributed by atoms with Gasteiger partial charge >= 0.3 is 0 Å². The number of piperidine rings is 1. The second-order valence-corrected chi connectivity index (χ2v) is 5.33. The van der Waals surface area contributed by atoms with Crippen LogP contribution < -0.4 is 10.2 Å². The maximum Gasteiger partial charge on any atom is 0.235 e. The van der Waals surface area contributed by atoms with Crippen LogP contribution in [0.3, 0.4) is 0 Å². The van der Waals surface area contributed by atoms with Crippen molar-refractivity contribution in [3.63, 3.8) is 0 Å². The fourth-order valence-corrected chi connectivity index (χ4v) is 2.81. The van der Waals surface area contributed by atoms with Gasteiger partial charge < -0.3 is 10.0 Å². The third-order valence-electron chi connectivity index (χ3n) is 3.98. The standard InChI is InChI=1S/C14H14N2O4/c17-10-3-1-9(2-4-10)16-8-14(7-12(16)19)6-5-11(18)15-13(14)20/h1-4,17H,5-8H2,(H,15,18,20). The largest absolute Gasteiger partial charge is 0.508 e. The van der Waals surface area contributed by atoms with E-state index in [1.54, 1.807) is 12.1 Å². The molecule has 2 heterocycles. The molecule has 1 spiro atoms. The van der Waals surface area contributed by atoms with Crippen molar-refractivity contribution in [2.24, 2.45) is 5.41 Å². The Hall–Kier alpha value is -2.37. The molecule has 0 saturated carbocycles. The number of carbonyl (C=O) groups excluding carboxylic acids is 3. The molecule has 2 fully saturated rings. The average Bonchev–Trinajstić information content (AvgIpc) is 2.74. The lowest BCUT2D eigenvalue weighted by Crippen LogP contribution is -2.50.